The van der Waals surface area contributed by atoms with Crippen LogP contribution in [-0.2, 0) is 16.4 Å². The van der Waals surface area contributed by atoms with Crippen LogP contribution in [0.1, 0.15) is 11.3 Å². The van der Waals surface area contributed by atoms with Crippen molar-refractivity contribution in [2.75, 3.05) is 10.8 Å². The summed E-state index contributed by atoms with van der Waals surface area (Å²) in [7, 11) is -3.56. The van der Waals surface area contributed by atoms with Crippen molar-refractivity contribution in [3.05, 3.63) is 65.9 Å². The van der Waals surface area contributed by atoms with E-state index < -0.39 is 10.0 Å². The van der Waals surface area contributed by atoms with Gasteiger partial charge in [0.25, 0.3) is 10.0 Å². The van der Waals surface area contributed by atoms with Gasteiger partial charge in [-0.15, -0.1) is 0 Å². The molecule has 2 heterocycles. The summed E-state index contributed by atoms with van der Waals surface area (Å²) in [6, 6.07) is 16.2. The van der Waals surface area contributed by atoms with Crippen molar-refractivity contribution < 1.29 is 12.9 Å². The van der Waals surface area contributed by atoms with Gasteiger partial charge in [-0.05, 0) is 49.2 Å². The van der Waals surface area contributed by atoms with Crippen LogP contribution in [-0.4, -0.2) is 20.1 Å². The lowest BCUT2D eigenvalue weighted by Crippen LogP contribution is -2.29. The number of para-hydroxylation sites is 1. The Hall–Kier alpha value is -2.60. The van der Waals surface area contributed by atoms with E-state index in [-0.39, 0.29) is 4.90 Å². The Labute approximate surface area is 140 Å². The lowest BCUT2D eigenvalue weighted by atomic mass is 10.2. The van der Waals surface area contributed by atoms with Gasteiger partial charge >= 0.3 is 0 Å². The predicted octanol–water partition coefficient (Wildman–Crippen LogP) is 3.40. The summed E-state index contributed by atoms with van der Waals surface area (Å²) in [4.78, 5) is 0.277. The monoisotopic (exact) mass is 340 g/mol. The summed E-state index contributed by atoms with van der Waals surface area (Å²) < 4.78 is 32.6. The minimum Gasteiger partial charge on any atom is -0.356 e. The van der Waals surface area contributed by atoms with Gasteiger partial charge in [-0.3, -0.25) is 4.31 Å². The van der Waals surface area contributed by atoms with E-state index in [1.54, 1.807) is 24.3 Å². The zero-order valence-corrected chi connectivity index (χ0v) is 14.0. The van der Waals surface area contributed by atoms with Gasteiger partial charge in [-0.25, -0.2) is 8.42 Å². The van der Waals surface area contributed by atoms with Gasteiger partial charge in [0, 0.05) is 18.2 Å². The van der Waals surface area contributed by atoms with Crippen molar-refractivity contribution in [3.63, 3.8) is 0 Å². The van der Waals surface area contributed by atoms with Crippen LogP contribution in [0.4, 0.5) is 5.69 Å². The molecule has 1 aromatic heterocycles. The third-order valence-electron chi connectivity index (χ3n) is 4.20. The molecule has 0 amide bonds. The van der Waals surface area contributed by atoms with Crippen molar-refractivity contribution >= 4 is 15.7 Å². The normalized spacial score (nSPS) is 14.0. The molecule has 0 spiro atoms. The third-order valence-corrected chi connectivity index (χ3v) is 6.03. The maximum absolute atomic E-state index is 12.9. The average molecular weight is 340 g/mol. The van der Waals surface area contributed by atoms with Crippen LogP contribution in [0, 0.1) is 6.92 Å². The van der Waals surface area contributed by atoms with E-state index in [4.69, 9.17) is 4.52 Å². The SMILES string of the molecule is Cc1cc(-c2ccc(S(=O)(=O)N3CCc4ccccc43)cc2)on1. The Morgan fingerprint density at radius 2 is 1.83 bits per heavy atom. The van der Waals surface area contributed by atoms with Crippen molar-refractivity contribution in [1.29, 1.82) is 0 Å². The number of aromatic nitrogens is 1. The zero-order valence-electron chi connectivity index (χ0n) is 13.1. The van der Waals surface area contributed by atoms with Crippen molar-refractivity contribution in [3.8, 4) is 11.3 Å². The molecule has 24 heavy (non-hydrogen) atoms. The molecule has 1 aliphatic heterocycles. The van der Waals surface area contributed by atoms with Gasteiger partial charge in [0.2, 0.25) is 0 Å². The highest BCUT2D eigenvalue weighted by Gasteiger charge is 2.30. The highest BCUT2D eigenvalue weighted by molar-refractivity contribution is 7.92. The Kier molecular flexibility index (Phi) is 3.42. The standard InChI is InChI=1S/C18H16N2O3S/c1-13-12-18(23-19-13)15-6-8-16(9-7-15)24(21,22)20-11-10-14-4-2-3-5-17(14)20/h2-9,12H,10-11H2,1H3. The van der Waals surface area contributed by atoms with E-state index in [2.05, 4.69) is 5.16 Å². The molecule has 3 aromatic rings. The van der Waals surface area contributed by atoms with Crippen LogP contribution >= 0.6 is 0 Å². The summed E-state index contributed by atoms with van der Waals surface area (Å²) in [6.45, 7) is 2.32. The van der Waals surface area contributed by atoms with E-state index in [0.29, 0.717) is 12.3 Å². The fraction of sp³-hybridized carbons (Fsp3) is 0.167. The van der Waals surface area contributed by atoms with E-state index >= 15 is 0 Å². The van der Waals surface area contributed by atoms with Crippen molar-refractivity contribution in [1.82, 2.24) is 5.16 Å². The molecule has 0 saturated carbocycles. The number of hydrogen-bond donors (Lipinski definition) is 0. The molecule has 0 atom stereocenters. The highest BCUT2D eigenvalue weighted by Crippen LogP contribution is 2.33. The lowest BCUT2D eigenvalue weighted by Gasteiger charge is -2.19. The second-order valence-electron chi connectivity index (χ2n) is 5.81. The quantitative estimate of drug-likeness (QED) is 0.733. The van der Waals surface area contributed by atoms with Crippen LogP contribution in [0.5, 0.6) is 0 Å². The molecule has 4 rings (SSSR count). The second kappa shape index (κ2) is 5.49. The van der Waals surface area contributed by atoms with E-state index in [1.807, 2.05) is 37.3 Å². The molecule has 0 saturated heterocycles. The number of fused-ring (bicyclic) bond motifs is 1. The number of nitrogens with zero attached hydrogens (tertiary/aromatic N) is 2. The first-order valence-corrected chi connectivity index (χ1v) is 9.14. The van der Waals surface area contributed by atoms with Crippen LogP contribution in [0.25, 0.3) is 11.3 Å². The summed E-state index contributed by atoms with van der Waals surface area (Å²) in [5.74, 6) is 0.628. The van der Waals surface area contributed by atoms with Crippen molar-refractivity contribution in [2.24, 2.45) is 0 Å². The van der Waals surface area contributed by atoms with Gasteiger partial charge in [0.05, 0.1) is 16.3 Å². The van der Waals surface area contributed by atoms with Gasteiger partial charge in [0.15, 0.2) is 5.76 Å². The molecule has 1 aliphatic rings. The molecule has 0 N–H and O–H groups in total. The topological polar surface area (TPSA) is 63.4 Å². The zero-order chi connectivity index (χ0) is 16.7. The van der Waals surface area contributed by atoms with Gasteiger partial charge < -0.3 is 4.52 Å². The predicted molar refractivity (Wildman–Crippen MR) is 91.4 cm³/mol. The molecule has 2 aromatic carbocycles. The molecule has 0 bridgehead atoms. The van der Waals surface area contributed by atoms with Crippen LogP contribution < -0.4 is 4.31 Å². The molecular formula is C18H16N2O3S. The minimum absolute atomic E-state index is 0.277. The van der Waals surface area contributed by atoms with Gasteiger partial charge in [-0.2, -0.15) is 0 Å². The van der Waals surface area contributed by atoms with Gasteiger partial charge in [0.1, 0.15) is 0 Å². The van der Waals surface area contributed by atoms with Crippen molar-refractivity contribution in [2.45, 2.75) is 18.2 Å². The number of sulfonamides is 1. The first-order valence-electron chi connectivity index (χ1n) is 7.70. The average Bonchev–Trinajstić information content (AvgIpc) is 3.21. The number of aryl methyl sites for hydroxylation is 1. The number of benzene rings is 2. The first-order chi connectivity index (χ1) is 11.6. The third kappa shape index (κ3) is 2.39. The number of anilines is 1. The number of rotatable bonds is 3. The fourth-order valence-electron chi connectivity index (χ4n) is 2.98. The largest absolute Gasteiger partial charge is 0.356 e. The van der Waals surface area contributed by atoms with E-state index in [9.17, 15) is 8.42 Å². The molecule has 0 unspecified atom stereocenters. The molecule has 5 nitrogen and oxygen atoms in total. The second-order valence-corrected chi connectivity index (χ2v) is 7.68. The summed E-state index contributed by atoms with van der Waals surface area (Å²) in [5, 5.41) is 3.85. The van der Waals surface area contributed by atoms with Crippen LogP contribution in [0.2, 0.25) is 0 Å². The van der Waals surface area contributed by atoms with Crippen LogP contribution in [0.3, 0.4) is 0 Å². The summed E-state index contributed by atoms with van der Waals surface area (Å²) in [6.07, 6.45) is 0.741. The van der Waals surface area contributed by atoms with Gasteiger partial charge in [-0.1, -0.05) is 23.4 Å². The maximum atomic E-state index is 12.9. The Morgan fingerprint density at radius 3 is 2.54 bits per heavy atom. The Morgan fingerprint density at radius 1 is 1.08 bits per heavy atom. The Bertz CT molecular complexity index is 991. The maximum Gasteiger partial charge on any atom is 0.264 e. The van der Waals surface area contributed by atoms with Crippen LogP contribution in [0.15, 0.2) is 64.0 Å². The minimum atomic E-state index is -3.56. The van der Waals surface area contributed by atoms with E-state index in [0.717, 1.165) is 28.9 Å². The molecule has 0 fully saturated rings. The molecular weight excluding hydrogens is 324 g/mol. The first kappa shape index (κ1) is 15.0. The molecule has 122 valence electrons. The smallest absolute Gasteiger partial charge is 0.264 e. The highest BCUT2D eigenvalue weighted by atomic mass is 32.2. The molecule has 0 radical (unpaired) electrons. The lowest BCUT2D eigenvalue weighted by molar-refractivity contribution is 0.427. The summed E-state index contributed by atoms with van der Waals surface area (Å²) >= 11 is 0. The molecule has 6 heteroatoms. The summed E-state index contributed by atoms with van der Waals surface area (Å²) in [5.41, 5.74) is 3.43. The van der Waals surface area contributed by atoms with E-state index in [1.165, 1.54) is 4.31 Å². The molecule has 0 aliphatic carbocycles. The Balaban J connectivity index is 1.68. The number of hydrogen-bond acceptors (Lipinski definition) is 4. The fourth-order valence-corrected chi connectivity index (χ4v) is 4.48.